The molecule has 3 atom stereocenters. The fourth-order valence-corrected chi connectivity index (χ4v) is 3.30. The molecule has 1 unspecified atom stereocenters. The largest absolute Gasteiger partial charge is 0.392 e. The molecule has 0 spiro atoms. The van der Waals surface area contributed by atoms with E-state index >= 15 is 0 Å². The van der Waals surface area contributed by atoms with Gasteiger partial charge in [0.2, 0.25) is 0 Å². The number of benzene rings is 1. The molecule has 0 bridgehead atoms. The van der Waals surface area contributed by atoms with Crippen molar-refractivity contribution in [3.63, 3.8) is 0 Å². The standard InChI is InChI=1S/C17H23N3O2/c21-11-15-4-2-1-3-14(15)9-19-16-7-13(8-17(16)22)10-20-6-5-18-12-20/h1-6,12-13,16-17,19,21-22H,7-11H2/t13?,16-,17-/m1/s1. The third-order valence-electron chi connectivity index (χ3n) is 4.50. The van der Waals surface area contributed by atoms with Gasteiger partial charge in [0.25, 0.3) is 0 Å². The molecule has 2 aromatic rings. The number of hydrogen-bond donors (Lipinski definition) is 3. The lowest BCUT2D eigenvalue weighted by atomic mass is 10.1. The molecule has 0 amide bonds. The highest BCUT2D eigenvalue weighted by Gasteiger charge is 2.32. The van der Waals surface area contributed by atoms with Gasteiger partial charge in [0, 0.05) is 31.5 Å². The molecule has 1 aromatic heterocycles. The van der Waals surface area contributed by atoms with Crippen LogP contribution in [0.15, 0.2) is 43.0 Å². The summed E-state index contributed by atoms with van der Waals surface area (Å²) in [5.74, 6) is 0.467. The first-order chi connectivity index (χ1) is 10.8. The van der Waals surface area contributed by atoms with Crippen LogP contribution in [0.4, 0.5) is 0 Å². The molecular weight excluding hydrogens is 278 g/mol. The fraction of sp³-hybridized carbons (Fsp3) is 0.471. The van der Waals surface area contributed by atoms with Crippen molar-refractivity contribution in [1.82, 2.24) is 14.9 Å². The number of aliphatic hydroxyl groups is 2. The predicted molar refractivity (Wildman–Crippen MR) is 84.0 cm³/mol. The van der Waals surface area contributed by atoms with Crippen LogP contribution in [0.5, 0.6) is 0 Å². The van der Waals surface area contributed by atoms with Crippen molar-refractivity contribution in [2.24, 2.45) is 5.92 Å². The van der Waals surface area contributed by atoms with E-state index in [-0.39, 0.29) is 18.8 Å². The Kier molecular flexibility index (Phi) is 4.87. The van der Waals surface area contributed by atoms with E-state index in [0.29, 0.717) is 12.5 Å². The average Bonchev–Trinajstić information content (AvgIpc) is 3.16. The highest BCUT2D eigenvalue weighted by molar-refractivity contribution is 5.26. The van der Waals surface area contributed by atoms with Gasteiger partial charge in [0.05, 0.1) is 19.0 Å². The molecule has 1 aliphatic rings. The predicted octanol–water partition coefficient (Wildman–Crippen LogP) is 1.30. The monoisotopic (exact) mass is 301 g/mol. The number of aromatic nitrogens is 2. The SMILES string of the molecule is OCc1ccccc1CN[C@@H]1CC(Cn2ccnc2)C[C@H]1O. The zero-order valence-corrected chi connectivity index (χ0v) is 12.6. The third kappa shape index (κ3) is 3.55. The molecule has 5 nitrogen and oxygen atoms in total. The molecule has 1 heterocycles. The molecule has 22 heavy (non-hydrogen) atoms. The van der Waals surface area contributed by atoms with Crippen LogP contribution in [0.2, 0.25) is 0 Å². The molecule has 1 saturated carbocycles. The van der Waals surface area contributed by atoms with Gasteiger partial charge in [-0.25, -0.2) is 4.98 Å². The van der Waals surface area contributed by atoms with Crippen LogP contribution in [-0.2, 0) is 19.7 Å². The van der Waals surface area contributed by atoms with Gasteiger partial charge >= 0.3 is 0 Å². The summed E-state index contributed by atoms with van der Waals surface area (Å²) in [5, 5.41) is 23.1. The lowest BCUT2D eigenvalue weighted by Gasteiger charge is -2.17. The Labute approximate surface area is 130 Å². The lowest BCUT2D eigenvalue weighted by molar-refractivity contribution is 0.145. The van der Waals surface area contributed by atoms with Gasteiger partial charge < -0.3 is 20.1 Å². The zero-order chi connectivity index (χ0) is 15.4. The summed E-state index contributed by atoms with van der Waals surface area (Å²) in [7, 11) is 0. The molecule has 1 fully saturated rings. The van der Waals surface area contributed by atoms with Crippen molar-refractivity contribution in [2.75, 3.05) is 0 Å². The van der Waals surface area contributed by atoms with Gasteiger partial charge in [-0.05, 0) is 29.9 Å². The second-order valence-electron chi connectivity index (χ2n) is 6.08. The molecule has 0 aliphatic heterocycles. The van der Waals surface area contributed by atoms with Crippen molar-refractivity contribution in [3.8, 4) is 0 Å². The number of nitrogens with one attached hydrogen (secondary N) is 1. The summed E-state index contributed by atoms with van der Waals surface area (Å²) in [4.78, 5) is 4.06. The highest BCUT2D eigenvalue weighted by atomic mass is 16.3. The van der Waals surface area contributed by atoms with E-state index in [1.54, 1.807) is 6.20 Å². The average molecular weight is 301 g/mol. The fourth-order valence-electron chi connectivity index (χ4n) is 3.30. The van der Waals surface area contributed by atoms with Crippen molar-refractivity contribution in [1.29, 1.82) is 0 Å². The molecule has 1 aromatic carbocycles. The molecule has 3 rings (SSSR count). The Morgan fingerprint density at radius 1 is 1.23 bits per heavy atom. The van der Waals surface area contributed by atoms with Crippen LogP contribution in [0.3, 0.4) is 0 Å². The maximum absolute atomic E-state index is 10.3. The second kappa shape index (κ2) is 7.05. The summed E-state index contributed by atoms with van der Waals surface area (Å²) in [6.45, 7) is 1.63. The van der Waals surface area contributed by atoms with Crippen LogP contribution in [0.1, 0.15) is 24.0 Å². The summed E-state index contributed by atoms with van der Waals surface area (Å²) in [5.41, 5.74) is 2.03. The van der Waals surface area contributed by atoms with Gasteiger partial charge in [0.1, 0.15) is 0 Å². The minimum atomic E-state index is -0.310. The van der Waals surface area contributed by atoms with Gasteiger partial charge in [0.15, 0.2) is 0 Å². The number of imidazole rings is 1. The Bertz CT molecular complexity index is 585. The number of hydrogen-bond acceptors (Lipinski definition) is 4. The molecule has 0 radical (unpaired) electrons. The molecule has 3 N–H and O–H groups in total. The lowest BCUT2D eigenvalue weighted by Crippen LogP contribution is -2.35. The number of nitrogens with zero attached hydrogens (tertiary/aromatic N) is 2. The number of aliphatic hydroxyl groups excluding tert-OH is 2. The second-order valence-corrected chi connectivity index (χ2v) is 6.08. The normalized spacial score (nSPS) is 24.7. The topological polar surface area (TPSA) is 70.3 Å². The van der Waals surface area contributed by atoms with Crippen molar-refractivity contribution >= 4 is 0 Å². The molecular formula is C17H23N3O2. The van der Waals surface area contributed by atoms with Gasteiger partial charge in [-0.2, -0.15) is 0 Å². The summed E-state index contributed by atoms with van der Waals surface area (Å²) in [6.07, 6.45) is 7.04. The maximum Gasteiger partial charge on any atom is 0.0945 e. The number of rotatable bonds is 6. The summed E-state index contributed by atoms with van der Waals surface area (Å²) >= 11 is 0. The van der Waals surface area contributed by atoms with E-state index in [0.717, 1.165) is 30.5 Å². The van der Waals surface area contributed by atoms with E-state index in [2.05, 4.69) is 14.9 Å². The van der Waals surface area contributed by atoms with Gasteiger partial charge in [-0.3, -0.25) is 0 Å². The van der Waals surface area contributed by atoms with Crippen molar-refractivity contribution in [2.45, 2.75) is 44.7 Å². The minimum absolute atomic E-state index is 0.0499. The summed E-state index contributed by atoms with van der Waals surface area (Å²) < 4.78 is 2.07. The molecule has 5 heteroatoms. The maximum atomic E-state index is 10.3. The Hall–Kier alpha value is -1.69. The molecule has 0 saturated heterocycles. The molecule has 1 aliphatic carbocycles. The van der Waals surface area contributed by atoms with E-state index in [1.807, 2.05) is 36.8 Å². The van der Waals surface area contributed by atoms with Crippen LogP contribution in [0, 0.1) is 5.92 Å². The van der Waals surface area contributed by atoms with Crippen molar-refractivity contribution < 1.29 is 10.2 Å². The van der Waals surface area contributed by atoms with Gasteiger partial charge in [-0.1, -0.05) is 24.3 Å². The van der Waals surface area contributed by atoms with Crippen LogP contribution >= 0.6 is 0 Å². The minimum Gasteiger partial charge on any atom is -0.392 e. The Morgan fingerprint density at radius 3 is 2.77 bits per heavy atom. The summed E-state index contributed by atoms with van der Waals surface area (Å²) in [6, 6.07) is 7.97. The highest BCUT2D eigenvalue weighted by Crippen LogP contribution is 2.28. The first-order valence-corrected chi connectivity index (χ1v) is 7.81. The quantitative estimate of drug-likeness (QED) is 0.752. The third-order valence-corrected chi connectivity index (χ3v) is 4.50. The van der Waals surface area contributed by atoms with E-state index < -0.39 is 0 Å². The molecule has 118 valence electrons. The Morgan fingerprint density at radius 2 is 2.05 bits per heavy atom. The zero-order valence-electron chi connectivity index (χ0n) is 12.6. The smallest absolute Gasteiger partial charge is 0.0945 e. The Balaban J connectivity index is 1.54. The van der Waals surface area contributed by atoms with E-state index in [9.17, 15) is 10.2 Å². The first-order valence-electron chi connectivity index (χ1n) is 7.81. The van der Waals surface area contributed by atoms with E-state index in [4.69, 9.17) is 0 Å². The van der Waals surface area contributed by atoms with Crippen molar-refractivity contribution in [3.05, 3.63) is 54.1 Å². The van der Waals surface area contributed by atoms with Gasteiger partial charge in [-0.15, -0.1) is 0 Å². The first kappa shape index (κ1) is 15.2. The van der Waals surface area contributed by atoms with Crippen LogP contribution in [-0.4, -0.2) is 31.9 Å². The van der Waals surface area contributed by atoms with Crippen LogP contribution in [0.25, 0.3) is 0 Å². The van der Waals surface area contributed by atoms with E-state index in [1.165, 1.54) is 0 Å². The van der Waals surface area contributed by atoms with Crippen LogP contribution < -0.4 is 5.32 Å².